The second-order valence-electron chi connectivity index (χ2n) is 17.4. The normalized spacial score (nSPS) is 39.8. The van der Waals surface area contributed by atoms with Gasteiger partial charge in [-0.2, -0.15) is 0 Å². The largest absolute Gasteiger partial charge is 0.311 e. The van der Waals surface area contributed by atoms with Crippen molar-refractivity contribution < 1.29 is 4.79 Å². The van der Waals surface area contributed by atoms with Crippen LogP contribution in [0.5, 0.6) is 0 Å². The third-order valence-corrected chi connectivity index (χ3v) is 29.9. The SMILES string of the molecule is CC1C(C)(C)C(C)(C)C(C)(C)C1(C)[Si](C)(C)C(=O)[Si](C)(C)C1(C)C(C)C(C)(C)C(C)(C)C1(C)C. The van der Waals surface area contributed by atoms with E-state index in [9.17, 15) is 0 Å². The lowest BCUT2D eigenvalue weighted by Crippen LogP contribution is -2.67. The smallest absolute Gasteiger partial charge is 0.127 e. The van der Waals surface area contributed by atoms with Crippen LogP contribution in [0, 0.1) is 44.3 Å². The van der Waals surface area contributed by atoms with Gasteiger partial charge in [-0.1, -0.05) is 137 Å². The van der Waals surface area contributed by atoms with E-state index in [1.54, 1.807) is 0 Å². The highest BCUT2D eigenvalue weighted by Gasteiger charge is 2.78. The fraction of sp³-hybridized carbons (Fsp3) is 0.968. The van der Waals surface area contributed by atoms with Crippen LogP contribution in [-0.2, 0) is 0 Å². The maximum absolute atomic E-state index is 15.3. The molecule has 4 unspecified atom stereocenters. The van der Waals surface area contributed by atoms with Gasteiger partial charge >= 0.3 is 0 Å². The van der Waals surface area contributed by atoms with Crippen molar-refractivity contribution in [2.24, 2.45) is 44.3 Å². The summed E-state index contributed by atoms with van der Waals surface area (Å²) in [4.78, 5) is 15.3. The van der Waals surface area contributed by atoms with Gasteiger partial charge in [0.1, 0.15) is 16.1 Å². The molecule has 4 atom stereocenters. The molecule has 0 bridgehead atoms. The van der Waals surface area contributed by atoms with Crippen LogP contribution in [-0.4, -0.2) is 21.2 Å². The third-order valence-electron chi connectivity index (χ3n) is 16.6. The Bertz CT molecular complexity index is 800. The summed E-state index contributed by atoms with van der Waals surface area (Å²) >= 11 is 0. The molecule has 0 aromatic heterocycles. The number of carbonyl (C=O) groups excluding carboxylic acids is 1. The lowest BCUT2D eigenvalue weighted by Gasteiger charge is -2.59. The predicted molar refractivity (Wildman–Crippen MR) is 158 cm³/mol. The van der Waals surface area contributed by atoms with Crippen LogP contribution in [0.1, 0.15) is 111 Å². The topological polar surface area (TPSA) is 17.1 Å². The first-order chi connectivity index (χ1) is 14.5. The quantitative estimate of drug-likeness (QED) is 0.346. The van der Waals surface area contributed by atoms with E-state index < -0.39 is 16.1 Å². The Kier molecular flexibility index (Phi) is 6.37. The summed E-state index contributed by atoms with van der Waals surface area (Å²) in [6.07, 6.45) is 0. The summed E-state index contributed by atoms with van der Waals surface area (Å²) in [5.74, 6) is 0.991. The number of hydrogen-bond acceptors (Lipinski definition) is 1. The number of hydrogen-bond donors (Lipinski definition) is 0. The van der Waals surface area contributed by atoms with Crippen LogP contribution in [0.25, 0.3) is 0 Å². The second kappa shape index (κ2) is 7.14. The van der Waals surface area contributed by atoms with Crippen LogP contribution in [0.15, 0.2) is 0 Å². The Morgan fingerprint density at radius 1 is 0.471 bits per heavy atom. The van der Waals surface area contributed by atoms with Gasteiger partial charge in [-0.25, -0.2) is 0 Å². The van der Waals surface area contributed by atoms with Crippen LogP contribution < -0.4 is 0 Å². The van der Waals surface area contributed by atoms with E-state index in [2.05, 4.69) is 137 Å². The standard InChI is InChI=1S/C31H62OSi2/c1-21-24(3,4)26(7,8)28(11,12)30(21,15)33(17,18)23(32)34(19,20)31(16)22(2)25(5,6)27(9,10)29(31,13)14/h21-22H,1-20H3. The molecular weight excluding hydrogens is 445 g/mol. The van der Waals surface area contributed by atoms with Gasteiger partial charge in [0, 0.05) is 0 Å². The van der Waals surface area contributed by atoms with Crippen molar-refractivity contribution in [2.45, 2.75) is 147 Å². The van der Waals surface area contributed by atoms with Gasteiger partial charge < -0.3 is 4.79 Å². The first-order valence-electron chi connectivity index (χ1n) is 14.0. The van der Waals surface area contributed by atoms with E-state index >= 15 is 4.79 Å². The molecule has 0 aromatic rings. The van der Waals surface area contributed by atoms with Gasteiger partial charge in [0.15, 0.2) is 0 Å². The van der Waals surface area contributed by atoms with Crippen LogP contribution in [0.3, 0.4) is 0 Å². The van der Waals surface area contributed by atoms with Crippen molar-refractivity contribution in [2.75, 3.05) is 0 Å². The Labute approximate surface area is 217 Å². The van der Waals surface area contributed by atoms with Crippen molar-refractivity contribution in [3.63, 3.8) is 0 Å². The molecule has 0 spiro atoms. The molecule has 2 rings (SSSR count). The Morgan fingerprint density at radius 2 is 0.676 bits per heavy atom. The predicted octanol–water partition coefficient (Wildman–Crippen LogP) is 10.7. The number of carbonyl (C=O) groups is 1. The molecule has 0 N–H and O–H groups in total. The maximum atomic E-state index is 15.3. The van der Waals surface area contributed by atoms with Gasteiger partial charge in [0.05, 0.1) is 5.03 Å². The molecule has 2 fully saturated rings. The van der Waals surface area contributed by atoms with Crippen molar-refractivity contribution >= 4 is 21.2 Å². The second-order valence-corrected chi connectivity index (χ2v) is 27.4. The summed E-state index contributed by atoms with van der Waals surface area (Å²) in [6, 6.07) is 0. The van der Waals surface area contributed by atoms with E-state index in [1.165, 1.54) is 0 Å². The molecule has 3 heteroatoms. The highest BCUT2D eigenvalue weighted by atomic mass is 28.4. The highest BCUT2D eigenvalue weighted by Crippen LogP contribution is 2.81. The Balaban J connectivity index is 2.81. The van der Waals surface area contributed by atoms with Gasteiger partial charge in [-0.15, -0.1) is 0 Å². The summed E-state index contributed by atoms with van der Waals surface area (Å²) in [5.41, 5.74) is 0.811. The minimum absolute atomic E-state index is 0.0295. The van der Waals surface area contributed by atoms with Crippen LogP contribution in [0.4, 0.5) is 4.79 Å². The van der Waals surface area contributed by atoms with Crippen LogP contribution in [0.2, 0.25) is 36.3 Å². The van der Waals surface area contributed by atoms with E-state index in [0.29, 0.717) is 11.8 Å². The Morgan fingerprint density at radius 3 is 0.824 bits per heavy atom. The molecule has 2 aliphatic rings. The molecule has 0 heterocycles. The summed E-state index contributed by atoms with van der Waals surface area (Å²) < 4.78 is 0. The van der Waals surface area contributed by atoms with E-state index in [1.807, 2.05) is 0 Å². The van der Waals surface area contributed by atoms with Crippen molar-refractivity contribution in [1.29, 1.82) is 0 Å². The minimum Gasteiger partial charge on any atom is -0.311 e. The van der Waals surface area contributed by atoms with Crippen molar-refractivity contribution in [1.82, 2.24) is 0 Å². The van der Waals surface area contributed by atoms with Gasteiger partial charge in [0.25, 0.3) is 0 Å². The van der Waals surface area contributed by atoms with Crippen molar-refractivity contribution in [3.8, 4) is 0 Å². The average molecular weight is 507 g/mol. The zero-order valence-corrected chi connectivity index (χ0v) is 29.1. The molecule has 0 aliphatic heterocycles. The van der Waals surface area contributed by atoms with Crippen molar-refractivity contribution in [3.05, 3.63) is 0 Å². The lowest BCUT2D eigenvalue weighted by atomic mass is 9.59. The Hall–Kier alpha value is 0.104. The fourth-order valence-corrected chi connectivity index (χ4v) is 25.8. The van der Waals surface area contributed by atoms with Gasteiger partial charge in [-0.3, -0.25) is 0 Å². The molecule has 0 radical (unpaired) electrons. The van der Waals surface area contributed by atoms with E-state index in [-0.39, 0.29) is 42.6 Å². The number of rotatable bonds is 4. The molecule has 200 valence electrons. The highest BCUT2D eigenvalue weighted by molar-refractivity contribution is 7.33. The van der Waals surface area contributed by atoms with Gasteiger partial charge in [0.2, 0.25) is 0 Å². The molecule has 1 nitrogen and oxygen atoms in total. The summed E-state index contributed by atoms with van der Waals surface area (Å²) in [6.45, 7) is 49.6. The molecule has 0 aromatic carbocycles. The summed E-state index contributed by atoms with van der Waals surface area (Å²) in [7, 11) is -4.77. The summed E-state index contributed by atoms with van der Waals surface area (Å²) in [5, 5.41) is 0.788. The van der Waals surface area contributed by atoms with Gasteiger partial charge in [-0.05, 0) is 54.4 Å². The molecule has 0 amide bonds. The molecular formula is C31H62OSi2. The lowest BCUT2D eigenvalue weighted by molar-refractivity contribution is 0.0347. The zero-order chi connectivity index (χ0) is 27.7. The average Bonchev–Trinajstić information content (AvgIpc) is 2.79. The van der Waals surface area contributed by atoms with E-state index in [0.717, 1.165) is 5.03 Å². The van der Waals surface area contributed by atoms with Crippen LogP contribution >= 0.6 is 0 Å². The first kappa shape index (κ1) is 30.3. The third kappa shape index (κ3) is 2.66. The molecule has 0 saturated heterocycles. The fourth-order valence-electron chi connectivity index (χ4n) is 10.4. The molecule has 34 heavy (non-hydrogen) atoms. The first-order valence-corrected chi connectivity index (χ1v) is 20.0. The zero-order valence-electron chi connectivity index (χ0n) is 27.1. The monoisotopic (exact) mass is 506 g/mol. The maximum Gasteiger partial charge on any atom is 0.127 e. The molecule has 2 saturated carbocycles. The van der Waals surface area contributed by atoms with E-state index in [4.69, 9.17) is 0 Å². The minimum atomic E-state index is -2.39. The molecule has 2 aliphatic carbocycles.